The summed E-state index contributed by atoms with van der Waals surface area (Å²) in [5, 5.41) is 11.5. The van der Waals surface area contributed by atoms with Crippen molar-refractivity contribution in [2.24, 2.45) is 0 Å². The molecule has 0 aliphatic rings. The van der Waals surface area contributed by atoms with Crippen molar-refractivity contribution in [1.29, 1.82) is 0 Å². The standard InChI is InChI=1S/C12H12ClNOS/c13-11-8(5-6-15)3-4-9(12(11)14)10-2-1-7-16-10/h1-4,7,15H,5-6,14H2. The van der Waals surface area contributed by atoms with Gasteiger partial charge in [-0.3, -0.25) is 0 Å². The Hall–Kier alpha value is -1.03. The van der Waals surface area contributed by atoms with Gasteiger partial charge in [0.25, 0.3) is 0 Å². The summed E-state index contributed by atoms with van der Waals surface area (Å²) in [5.74, 6) is 0. The zero-order valence-corrected chi connectivity index (χ0v) is 10.2. The van der Waals surface area contributed by atoms with Gasteiger partial charge in [-0.05, 0) is 23.4 Å². The molecule has 0 aliphatic carbocycles. The van der Waals surface area contributed by atoms with E-state index < -0.39 is 0 Å². The molecule has 0 bridgehead atoms. The summed E-state index contributed by atoms with van der Waals surface area (Å²) in [6, 6.07) is 7.87. The zero-order chi connectivity index (χ0) is 11.5. The van der Waals surface area contributed by atoms with Crippen LogP contribution in [-0.4, -0.2) is 11.7 Å². The number of hydrogen-bond donors (Lipinski definition) is 2. The number of halogens is 1. The molecule has 0 unspecified atom stereocenters. The van der Waals surface area contributed by atoms with Gasteiger partial charge in [-0.25, -0.2) is 0 Å². The second-order valence-corrected chi connectivity index (χ2v) is 4.78. The number of aliphatic hydroxyl groups is 1. The van der Waals surface area contributed by atoms with E-state index in [4.69, 9.17) is 22.4 Å². The largest absolute Gasteiger partial charge is 0.397 e. The van der Waals surface area contributed by atoms with Crippen LogP contribution in [0.4, 0.5) is 5.69 Å². The van der Waals surface area contributed by atoms with Crippen LogP contribution >= 0.6 is 22.9 Å². The lowest BCUT2D eigenvalue weighted by Crippen LogP contribution is -1.97. The van der Waals surface area contributed by atoms with Crippen molar-refractivity contribution in [3.8, 4) is 10.4 Å². The first-order valence-electron chi connectivity index (χ1n) is 4.95. The van der Waals surface area contributed by atoms with Gasteiger partial charge in [0.2, 0.25) is 0 Å². The molecule has 0 spiro atoms. The molecule has 1 heterocycles. The molecule has 0 saturated heterocycles. The molecule has 0 fully saturated rings. The highest BCUT2D eigenvalue weighted by Gasteiger charge is 2.10. The average molecular weight is 254 g/mol. The first-order chi connectivity index (χ1) is 7.74. The highest BCUT2D eigenvalue weighted by molar-refractivity contribution is 7.13. The van der Waals surface area contributed by atoms with E-state index in [1.165, 1.54) is 0 Å². The van der Waals surface area contributed by atoms with Crippen LogP contribution in [0.1, 0.15) is 5.56 Å². The molecule has 3 N–H and O–H groups in total. The number of hydrogen-bond acceptors (Lipinski definition) is 3. The molecule has 2 rings (SSSR count). The molecule has 0 saturated carbocycles. The average Bonchev–Trinajstić information content (AvgIpc) is 2.79. The van der Waals surface area contributed by atoms with E-state index in [0.29, 0.717) is 17.1 Å². The number of nitrogen functional groups attached to an aromatic ring is 1. The highest BCUT2D eigenvalue weighted by atomic mass is 35.5. The molecular formula is C12H12ClNOS. The maximum absolute atomic E-state index is 8.89. The number of rotatable bonds is 3. The summed E-state index contributed by atoms with van der Waals surface area (Å²) >= 11 is 7.79. The summed E-state index contributed by atoms with van der Waals surface area (Å²) in [6.45, 7) is 0.0809. The topological polar surface area (TPSA) is 46.2 Å². The van der Waals surface area contributed by atoms with Crippen molar-refractivity contribution >= 4 is 28.6 Å². The second kappa shape index (κ2) is 4.87. The molecule has 0 atom stereocenters. The smallest absolute Gasteiger partial charge is 0.0674 e. The monoisotopic (exact) mass is 253 g/mol. The zero-order valence-electron chi connectivity index (χ0n) is 8.61. The summed E-state index contributed by atoms with van der Waals surface area (Å²) in [4.78, 5) is 1.11. The molecule has 84 valence electrons. The number of aliphatic hydroxyl groups excluding tert-OH is 1. The SMILES string of the molecule is Nc1c(-c2cccs2)ccc(CCO)c1Cl. The highest BCUT2D eigenvalue weighted by Crippen LogP contribution is 2.36. The third-order valence-electron chi connectivity index (χ3n) is 2.43. The third-order valence-corrected chi connectivity index (χ3v) is 3.78. The van der Waals surface area contributed by atoms with Gasteiger partial charge in [0.15, 0.2) is 0 Å². The molecule has 1 aromatic heterocycles. The lowest BCUT2D eigenvalue weighted by Gasteiger charge is -2.09. The van der Waals surface area contributed by atoms with Gasteiger partial charge in [0.1, 0.15) is 0 Å². The van der Waals surface area contributed by atoms with Crippen molar-refractivity contribution in [1.82, 2.24) is 0 Å². The van der Waals surface area contributed by atoms with Crippen LogP contribution in [0.3, 0.4) is 0 Å². The fourth-order valence-corrected chi connectivity index (χ4v) is 2.62. The van der Waals surface area contributed by atoms with Crippen molar-refractivity contribution in [3.63, 3.8) is 0 Å². The second-order valence-electron chi connectivity index (χ2n) is 3.45. The summed E-state index contributed by atoms with van der Waals surface area (Å²) in [7, 11) is 0. The van der Waals surface area contributed by atoms with E-state index in [0.717, 1.165) is 16.0 Å². The van der Waals surface area contributed by atoms with Crippen LogP contribution in [0, 0.1) is 0 Å². The predicted molar refractivity (Wildman–Crippen MR) is 70.0 cm³/mol. The van der Waals surface area contributed by atoms with Crippen LogP contribution < -0.4 is 5.73 Å². The van der Waals surface area contributed by atoms with Gasteiger partial charge in [0, 0.05) is 17.0 Å². The van der Waals surface area contributed by atoms with Crippen molar-refractivity contribution in [2.75, 3.05) is 12.3 Å². The number of anilines is 1. The molecule has 4 heteroatoms. The molecule has 0 aliphatic heterocycles. The molecule has 16 heavy (non-hydrogen) atoms. The summed E-state index contributed by atoms with van der Waals surface area (Å²) in [6.07, 6.45) is 0.535. The van der Waals surface area contributed by atoms with Crippen LogP contribution in [0.25, 0.3) is 10.4 Å². The van der Waals surface area contributed by atoms with Gasteiger partial charge < -0.3 is 10.8 Å². The van der Waals surface area contributed by atoms with E-state index in [9.17, 15) is 0 Å². The first-order valence-corrected chi connectivity index (χ1v) is 6.21. The number of benzene rings is 1. The lowest BCUT2D eigenvalue weighted by atomic mass is 10.1. The Morgan fingerprint density at radius 1 is 1.31 bits per heavy atom. The maximum Gasteiger partial charge on any atom is 0.0674 e. The van der Waals surface area contributed by atoms with Crippen LogP contribution in [-0.2, 0) is 6.42 Å². The van der Waals surface area contributed by atoms with Gasteiger partial charge in [-0.15, -0.1) is 11.3 Å². The molecule has 1 aromatic carbocycles. The van der Waals surface area contributed by atoms with Crippen molar-refractivity contribution in [2.45, 2.75) is 6.42 Å². The van der Waals surface area contributed by atoms with Gasteiger partial charge in [0.05, 0.1) is 10.7 Å². The summed E-state index contributed by atoms with van der Waals surface area (Å²) in [5.41, 5.74) is 8.44. The van der Waals surface area contributed by atoms with Gasteiger partial charge in [-0.2, -0.15) is 0 Å². The minimum atomic E-state index is 0.0809. The van der Waals surface area contributed by atoms with Crippen LogP contribution in [0.2, 0.25) is 5.02 Å². The molecule has 2 nitrogen and oxygen atoms in total. The van der Waals surface area contributed by atoms with Crippen LogP contribution in [0.5, 0.6) is 0 Å². The van der Waals surface area contributed by atoms with Crippen molar-refractivity contribution in [3.05, 3.63) is 40.2 Å². The van der Waals surface area contributed by atoms with Gasteiger partial charge >= 0.3 is 0 Å². The predicted octanol–water partition coefficient (Wildman–Crippen LogP) is 3.19. The normalized spacial score (nSPS) is 10.6. The van der Waals surface area contributed by atoms with E-state index in [1.807, 2.05) is 29.6 Å². The minimum absolute atomic E-state index is 0.0809. The van der Waals surface area contributed by atoms with E-state index in [-0.39, 0.29) is 6.61 Å². The van der Waals surface area contributed by atoms with E-state index in [2.05, 4.69) is 0 Å². The fourth-order valence-electron chi connectivity index (χ4n) is 1.60. The fraction of sp³-hybridized carbons (Fsp3) is 0.167. The first kappa shape index (κ1) is 11.5. The molecule has 2 aromatic rings. The lowest BCUT2D eigenvalue weighted by molar-refractivity contribution is 0.299. The Morgan fingerprint density at radius 3 is 2.75 bits per heavy atom. The molecule has 0 amide bonds. The maximum atomic E-state index is 8.89. The third kappa shape index (κ3) is 2.07. The Balaban J connectivity index is 2.47. The Labute approximate surface area is 103 Å². The van der Waals surface area contributed by atoms with E-state index >= 15 is 0 Å². The van der Waals surface area contributed by atoms with Crippen LogP contribution in [0.15, 0.2) is 29.6 Å². The Bertz CT molecular complexity index is 482. The molecule has 0 radical (unpaired) electrons. The van der Waals surface area contributed by atoms with E-state index in [1.54, 1.807) is 11.3 Å². The quantitative estimate of drug-likeness (QED) is 0.826. The Kier molecular flexibility index (Phi) is 3.49. The summed E-state index contributed by atoms with van der Waals surface area (Å²) < 4.78 is 0. The Morgan fingerprint density at radius 2 is 2.12 bits per heavy atom. The number of thiophene rings is 1. The number of nitrogens with two attached hydrogens (primary N) is 1. The van der Waals surface area contributed by atoms with Crippen molar-refractivity contribution < 1.29 is 5.11 Å². The van der Waals surface area contributed by atoms with Gasteiger partial charge in [-0.1, -0.05) is 29.8 Å². The molecular weight excluding hydrogens is 242 g/mol. The minimum Gasteiger partial charge on any atom is -0.397 e.